The van der Waals surface area contributed by atoms with Gasteiger partial charge in [0, 0.05) is 37.7 Å². The van der Waals surface area contributed by atoms with Crippen LogP contribution in [-0.4, -0.2) is 19.1 Å². The maximum atomic E-state index is 8.70. The first kappa shape index (κ1) is 9.27. The lowest BCUT2D eigenvalue weighted by atomic mass is 10.1. The molecule has 1 aromatic heterocycles. The number of hydrogen-bond donors (Lipinski definition) is 0. The molecular formula is C10H11N3. The Balaban J connectivity index is 3.21. The third-order valence-corrected chi connectivity index (χ3v) is 1.74. The zero-order chi connectivity index (χ0) is 9.84. The van der Waals surface area contributed by atoms with Crippen molar-refractivity contribution < 1.29 is 0 Å². The van der Waals surface area contributed by atoms with Gasteiger partial charge in [0.05, 0.1) is 11.6 Å². The molecule has 66 valence electrons. The zero-order valence-electron chi connectivity index (χ0n) is 7.78. The van der Waals surface area contributed by atoms with Crippen molar-refractivity contribution in [3.8, 4) is 6.07 Å². The molecule has 0 fully saturated rings. The van der Waals surface area contributed by atoms with Gasteiger partial charge in [-0.1, -0.05) is 6.58 Å². The molecule has 3 nitrogen and oxygen atoms in total. The van der Waals surface area contributed by atoms with E-state index >= 15 is 0 Å². The molecule has 0 saturated carbocycles. The van der Waals surface area contributed by atoms with Crippen LogP contribution in [-0.2, 0) is 0 Å². The Morgan fingerprint density at radius 2 is 2.31 bits per heavy atom. The maximum Gasteiger partial charge on any atom is 0.0993 e. The molecule has 0 bridgehead atoms. The van der Waals surface area contributed by atoms with Crippen LogP contribution in [0.4, 0.5) is 5.69 Å². The minimum absolute atomic E-state index is 0.441. The van der Waals surface area contributed by atoms with E-state index in [9.17, 15) is 0 Å². The number of pyridine rings is 1. The standard InChI is InChI=1S/C10H11N3/c1-8(6-11)9-7-12-5-4-10(9)13(2)3/h4-5,7H,1H2,2-3H3. The third kappa shape index (κ3) is 1.85. The highest BCUT2D eigenvalue weighted by atomic mass is 15.1. The highest BCUT2D eigenvalue weighted by Crippen LogP contribution is 2.22. The Bertz CT molecular complexity index is 361. The predicted molar refractivity (Wildman–Crippen MR) is 53.2 cm³/mol. The summed E-state index contributed by atoms with van der Waals surface area (Å²) in [6, 6.07) is 3.87. The number of nitriles is 1. The lowest BCUT2D eigenvalue weighted by Crippen LogP contribution is -2.10. The normalized spacial score (nSPS) is 9.00. The molecule has 0 aliphatic rings. The zero-order valence-corrected chi connectivity index (χ0v) is 7.78. The number of hydrogen-bond acceptors (Lipinski definition) is 3. The van der Waals surface area contributed by atoms with Gasteiger partial charge < -0.3 is 4.90 Å². The maximum absolute atomic E-state index is 8.70. The van der Waals surface area contributed by atoms with Crippen LogP contribution in [0.3, 0.4) is 0 Å². The van der Waals surface area contributed by atoms with Crippen molar-refractivity contribution in [2.75, 3.05) is 19.0 Å². The van der Waals surface area contributed by atoms with Gasteiger partial charge in [-0.3, -0.25) is 4.98 Å². The SMILES string of the molecule is C=C(C#N)c1cnccc1N(C)C. The molecule has 1 rings (SSSR count). The van der Waals surface area contributed by atoms with E-state index in [4.69, 9.17) is 5.26 Å². The van der Waals surface area contributed by atoms with Crippen LogP contribution in [0, 0.1) is 11.3 Å². The van der Waals surface area contributed by atoms with Crippen molar-refractivity contribution in [1.82, 2.24) is 4.98 Å². The second-order valence-corrected chi connectivity index (χ2v) is 2.88. The largest absolute Gasteiger partial charge is 0.377 e. The molecule has 0 spiro atoms. The van der Waals surface area contributed by atoms with Crippen LogP contribution in [0.25, 0.3) is 5.57 Å². The van der Waals surface area contributed by atoms with Crippen molar-refractivity contribution in [1.29, 1.82) is 5.26 Å². The van der Waals surface area contributed by atoms with Crippen LogP contribution < -0.4 is 4.90 Å². The van der Waals surface area contributed by atoms with E-state index in [0.717, 1.165) is 11.3 Å². The topological polar surface area (TPSA) is 39.9 Å². The van der Waals surface area contributed by atoms with Crippen molar-refractivity contribution in [2.45, 2.75) is 0 Å². The Kier molecular flexibility index (Phi) is 2.65. The van der Waals surface area contributed by atoms with Gasteiger partial charge in [-0.05, 0) is 6.07 Å². The van der Waals surface area contributed by atoms with E-state index in [1.54, 1.807) is 12.4 Å². The second kappa shape index (κ2) is 3.72. The predicted octanol–water partition coefficient (Wildman–Crippen LogP) is 1.68. The molecule has 3 heteroatoms. The second-order valence-electron chi connectivity index (χ2n) is 2.88. The summed E-state index contributed by atoms with van der Waals surface area (Å²) >= 11 is 0. The van der Waals surface area contributed by atoms with Gasteiger partial charge in [0.15, 0.2) is 0 Å². The first-order chi connectivity index (χ1) is 6.16. The summed E-state index contributed by atoms with van der Waals surface area (Å²) in [7, 11) is 3.84. The van der Waals surface area contributed by atoms with E-state index in [0.29, 0.717) is 5.57 Å². The van der Waals surface area contributed by atoms with E-state index < -0.39 is 0 Å². The van der Waals surface area contributed by atoms with E-state index in [-0.39, 0.29) is 0 Å². The van der Waals surface area contributed by atoms with E-state index in [2.05, 4.69) is 11.6 Å². The molecule has 0 unspecified atom stereocenters. The minimum atomic E-state index is 0.441. The molecule has 0 radical (unpaired) electrons. The van der Waals surface area contributed by atoms with Crippen LogP contribution in [0.5, 0.6) is 0 Å². The number of aromatic nitrogens is 1. The van der Waals surface area contributed by atoms with Gasteiger partial charge in [0.2, 0.25) is 0 Å². The van der Waals surface area contributed by atoms with Gasteiger partial charge >= 0.3 is 0 Å². The Morgan fingerprint density at radius 1 is 1.62 bits per heavy atom. The summed E-state index contributed by atoms with van der Waals surface area (Å²) in [4.78, 5) is 5.89. The summed E-state index contributed by atoms with van der Waals surface area (Å²) < 4.78 is 0. The van der Waals surface area contributed by atoms with Crippen LogP contribution >= 0.6 is 0 Å². The van der Waals surface area contributed by atoms with E-state index in [1.807, 2.05) is 31.1 Å². The summed E-state index contributed by atoms with van der Waals surface area (Å²) in [6.07, 6.45) is 3.35. The number of anilines is 1. The van der Waals surface area contributed by atoms with Crippen molar-refractivity contribution in [2.24, 2.45) is 0 Å². The fourth-order valence-corrected chi connectivity index (χ4v) is 1.07. The quantitative estimate of drug-likeness (QED) is 0.639. The lowest BCUT2D eigenvalue weighted by molar-refractivity contribution is 1.11. The molecule has 0 N–H and O–H groups in total. The van der Waals surface area contributed by atoms with E-state index in [1.165, 1.54) is 0 Å². The molecular weight excluding hydrogens is 162 g/mol. The molecule has 1 heterocycles. The minimum Gasteiger partial charge on any atom is -0.377 e. The summed E-state index contributed by atoms with van der Waals surface area (Å²) in [6.45, 7) is 3.66. The van der Waals surface area contributed by atoms with Gasteiger partial charge in [0.25, 0.3) is 0 Å². The van der Waals surface area contributed by atoms with Crippen LogP contribution in [0.1, 0.15) is 5.56 Å². The molecule has 0 aliphatic heterocycles. The van der Waals surface area contributed by atoms with Crippen molar-refractivity contribution >= 4 is 11.3 Å². The van der Waals surface area contributed by atoms with Crippen molar-refractivity contribution in [3.05, 3.63) is 30.6 Å². The lowest BCUT2D eigenvalue weighted by Gasteiger charge is -2.15. The van der Waals surface area contributed by atoms with Gasteiger partial charge in [-0.2, -0.15) is 5.26 Å². The molecule has 1 aromatic rings. The van der Waals surface area contributed by atoms with Crippen molar-refractivity contribution in [3.63, 3.8) is 0 Å². The fourth-order valence-electron chi connectivity index (χ4n) is 1.07. The molecule has 0 saturated heterocycles. The first-order valence-electron chi connectivity index (χ1n) is 3.87. The average Bonchev–Trinajstić information content (AvgIpc) is 2.16. The monoisotopic (exact) mass is 173 g/mol. The molecule has 0 amide bonds. The Hall–Kier alpha value is -1.82. The molecule has 0 atom stereocenters. The van der Waals surface area contributed by atoms with Crippen LogP contribution in [0.2, 0.25) is 0 Å². The highest BCUT2D eigenvalue weighted by Gasteiger charge is 2.06. The fraction of sp³-hybridized carbons (Fsp3) is 0.200. The molecule has 13 heavy (non-hydrogen) atoms. The smallest absolute Gasteiger partial charge is 0.0993 e. The molecule has 0 aromatic carbocycles. The average molecular weight is 173 g/mol. The number of rotatable bonds is 2. The summed E-state index contributed by atoms with van der Waals surface area (Å²) in [5.74, 6) is 0. The third-order valence-electron chi connectivity index (χ3n) is 1.74. The summed E-state index contributed by atoms with van der Waals surface area (Å²) in [5.41, 5.74) is 2.19. The summed E-state index contributed by atoms with van der Waals surface area (Å²) in [5, 5.41) is 8.70. The Labute approximate surface area is 77.9 Å². The first-order valence-corrected chi connectivity index (χ1v) is 3.87. The Morgan fingerprint density at radius 3 is 2.85 bits per heavy atom. The molecule has 0 aliphatic carbocycles. The highest BCUT2D eigenvalue weighted by molar-refractivity contribution is 5.82. The van der Waals surface area contributed by atoms with Gasteiger partial charge in [0.1, 0.15) is 0 Å². The van der Waals surface area contributed by atoms with Gasteiger partial charge in [-0.15, -0.1) is 0 Å². The number of allylic oxidation sites excluding steroid dienone is 1. The number of nitrogens with zero attached hydrogens (tertiary/aromatic N) is 3. The van der Waals surface area contributed by atoms with Gasteiger partial charge in [-0.25, -0.2) is 0 Å². The van der Waals surface area contributed by atoms with Crippen LogP contribution in [0.15, 0.2) is 25.0 Å².